The van der Waals surface area contributed by atoms with Crippen molar-refractivity contribution in [1.29, 1.82) is 0 Å². The topological polar surface area (TPSA) is 116 Å². The van der Waals surface area contributed by atoms with Gasteiger partial charge in [0.2, 0.25) is 5.56 Å². The molecule has 204 valence electrons. The number of hydrogen-bond acceptors (Lipinski definition) is 8. The fraction of sp³-hybridized carbons (Fsp3) is 0.276. The maximum atomic E-state index is 13.0. The normalized spacial score (nSPS) is 15.2. The molecule has 9 nitrogen and oxygen atoms in total. The van der Waals surface area contributed by atoms with E-state index in [0.717, 1.165) is 10.9 Å². The van der Waals surface area contributed by atoms with Gasteiger partial charge >= 0.3 is 11.9 Å². The van der Waals surface area contributed by atoms with Crippen LogP contribution in [0, 0.1) is 0 Å². The molecule has 1 aliphatic rings. The second-order valence-corrected chi connectivity index (χ2v) is 9.28. The van der Waals surface area contributed by atoms with Crippen LogP contribution in [0.15, 0.2) is 82.1 Å². The number of benzene rings is 2. The van der Waals surface area contributed by atoms with Crippen molar-refractivity contribution in [3.05, 3.63) is 98.3 Å². The van der Waals surface area contributed by atoms with E-state index in [0.29, 0.717) is 47.4 Å². The van der Waals surface area contributed by atoms with Gasteiger partial charge in [0.15, 0.2) is 0 Å². The summed E-state index contributed by atoms with van der Waals surface area (Å²) in [4.78, 5) is 39.1. The summed E-state index contributed by atoms with van der Waals surface area (Å²) < 4.78 is 22.3. The molecule has 10 heteroatoms. The van der Waals surface area contributed by atoms with Crippen LogP contribution in [0.1, 0.15) is 31.7 Å². The maximum absolute atomic E-state index is 13.0. The summed E-state index contributed by atoms with van der Waals surface area (Å²) in [6.07, 6.45) is 0.589. The number of dihydropyridines is 1. The Morgan fingerprint density at radius 3 is 2.59 bits per heavy atom. The highest BCUT2D eigenvalue weighted by atomic mass is 35.5. The number of methoxy groups -OCH3 is 1. The number of rotatable bonds is 10. The van der Waals surface area contributed by atoms with Crippen LogP contribution in [0.5, 0.6) is 5.75 Å². The lowest BCUT2D eigenvalue weighted by molar-refractivity contribution is -0.139. The van der Waals surface area contributed by atoms with Gasteiger partial charge < -0.3 is 29.2 Å². The highest BCUT2D eigenvalue weighted by Gasteiger charge is 2.38. The van der Waals surface area contributed by atoms with Crippen molar-refractivity contribution in [3.8, 4) is 5.75 Å². The smallest absolute Gasteiger partial charge is 0.336 e. The van der Waals surface area contributed by atoms with Crippen LogP contribution in [0.3, 0.4) is 0 Å². The lowest BCUT2D eigenvalue weighted by atomic mass is 9.84. The second-order valence-electron chi connectivity index (χ2n) is 8.87. The average molecular weight is 553 g/mol. The molecule has 0 saturated carbocycles. The molecule has 0 spiro atoms. The summed E-state index contributed by atoms with van der Waals surface area (Å²) in [7, 11) is 1.29. The number of H-pyrrole nitrogens is 1. The van der Waals surface area contributed by atoms with E-state index in [9.17, 15) is 14.4 Å². The van der Waals surface area contributed by atoms with Gasteiger partial charge in [-0.3, -0.25) is 9.59 Å². The fourth-order valence-electron chi connectivity index (χ4n) is 4.39. The molecule has 39 heavy (non-hydrogen) atoms. The molecule has 2 aromatic carbocycles. The number of ether oxygens (including phenoxy) is 4. The minimum absolute atomic E-state index is 0.0828. The van der Waals surface area contributed by atoms with Gasteiger partial charge in [-0.05, 0) is 42.8 Å². The molecule has 1 aliphatic heterocycles. The van der Waals surface area contributed by atoms with Crippen molar-refractivity contribution >= 4 is 34.4 Å². The number of esters is 2. The van der Waals surface area contributed by atoms with E-state index < -0.39 is 17.9 Å². The Morgan fingerprint density at radius 2 is 1.85 bits per heavy atom. The summed E-state index contributed by atoms with van der Waals surface area (Å²) in [6, 6.07) is 15.7. The molecule has 1 unspecified atom stereocenters. The van der Waals surface area contributed by atoms with E-state index in [1.165, 1.54) is 20.1 Å². The van der Waals surface area contributed by atoms with Crippen LogP contribution in [0.4, 0.5) is 0 Å². The molecular weight excluding hydrogens is 524 g/mol. The quantitative estimate of drug-likeness (QED) is 0.277. The first-order valence-electron chi connectivity index (χ1n) is 12.3. The van der Waals surface area contributed by atoms with Gasteiger partial charge in [-0.1, -0.05) is 29.8 Å². The first kappa shape index (κ1) is 27.9. The van der Waals surface area contributed by atoms with Crippen molar-refractivity contribution in [2.45, 2.75) is 26.2 Å². The molecule has 0 bridgehead atoms. The molecule has 1 atom stereocenters. The monoisotopic (exact) mass is 552 g/mol. The minimum atomic E-state index is -0.763. The zero-order valence-electron chi connectivity index (χ0n) is 21.8. The number of pyridine rings is 1. The zero-order chi connectivity index (χ0) is 27.9. The zero-order valence-corrected chi connectivity index (χ0v) is 22.6. The van der Waals surface area contributed by atoms with Crippen LogP contribution in [-0.2, 0) is 23.8 Å². The van der Waals surface area contributed by atoms with Gasteiger partial charge in [0.1, 0.15) is 11.5 Å². The van der Waals surface area contributed by atoms with E-state index >= 15 is 0 Å². The van der Waals surface area contributed by atoms with Crippen molar-refractivity contribution in [2.24, 2.45) is 0 Å². The maximum Gasteiger partial charge on any atom is 0.336 e. The van der Waals surface area contributed by atoms with Crippen LogP contribution in [0.2, 0.25) is 5.02 Å². The van der Waals surface area contributed by atoms with Gasteiger partial charge in [0.25, 0.3) is 0 Å². The molecule has 2 heterocycles. The van der Waals surface area contributed by atoms with E-state index in [4.69, 9.17) is 30.5 Å². The Morgan fingerprint density at radius 1 is 1.05 bits per heavy atom. The largest absolute Gasteiger partial charge is 0.493 e. The number of hydrogen-bond donors (Lipinski definition) is 2. The number of carbonyl (C=O) groups excluding carboxylic acids is 2. The number of halogens is 1. The van der Waals surface area contributed by atoms with E-state index in [2.05, 4.69) is 10.3 Å². The van der Waals surface area contributed by atoms with Gasteiger partial charge in [-0.2, -0.15) is 0 Å². The average Bonchev–Trinajstić information content (AvgIpc) is 2.91. The highest BCUT2D eigenvalue weighted by Crippen LogP contribution is 2.41. The molecule has 0 aliphatic carbocycles. The number of allylic oxidation sites excluding steroid dienone is 2. The van der Waals surface area contributed by atoms with Gasteiger partial charge in [0, 0.05) is 35.3 Å². The highest BCUT2D eigenvalue weighted by molar-refractivity contribution is 6.31. The predicted molar refractivity (Wildman–Crippen MR) is 146 cm³/mol. The number of aromatic nitrogens is 1. The van der Waals surface area contributed by atoms with Crippen molar-refractivity contribution in [3.63, 3.8) is 0 Å². The van der Waals surface area contributed by atoms with Crippen molar-refractivity contribution in [2.75, 3.05) is 26.9 Å². The van der Waals surface area contributed by atoms with E-state index in [1.54, 1.807) is 49.4 Å². The first-order chi connectivity index (χ1) is 18.8. The molecule has 3 aromatic rings. The summed E-state index contributed by atoms with van der Waals surface area (Å²) in [5.74, 6) is -0.926. The summed E-state index contributed by atoms with van der Waals surface area (Å²) in [6.45, 7) is 3.90. The third-order valence-electron chi connectivity index (χ3n) is 6.10. The summed E-state index contributed by atoms with van der Waals surface area (Å²) in [5, 5.41) is 4.44. The number of nitrogens with one attached hydrogen (secondary N) is 2. The second kappa shape index (κ2) is 12.6. The Labute approximate surface area is 230 Å². The first-order valence-corrected chi connectivity index (χ1v) is 12.7. The molecule has 4 rings (SSSR count). The predicted octanol–water partition coefficient (Wildman–Crippen LogP) is 4.58. The van der Waals surface area contributed by atoms with Crippen LogP contribution >= 0.6 is 11.6 Å². The van der Waals surface area contributed by atoms with Gasteiger partial charge in [0.05, 0.1) is 49.8 Å². The minimum Gasteiger partial charge on any atom is -0.493 e. The fourth-order valence-corrected chi connectivity index (χ4v) is 4.63. The number of fused-ring (bicyclic) bond motifs is 1. The molecule has 0 saturated heterocycles. The molecular formula is C29H29ClN2O7. The summed E-state index contributed by atoms with van der Waals surface area (Å²) >= 11 is 6.50. The lowest BCUT2D eigenvalue weighted by Crippen LogP contribution is -2.33. The third-order valence-corrected chi connectivity index (χ3v) is 6.45. The Bertz CT molecular complexity index is 1510. The standard InChI is InChI=1S/C29H29ClN2O7/c1-17-28(39-18(2)33)26(21-7-4-5-8-22(21)30)27(29(35)36-3)24(31-17)16-37-13-6-14-38-20-10-11-23-19(15-20)9-12-25(34)32-23/h4-5,7-12,15,26,31H,6,13-14,16H2,1-3H3,(H,32,34). The van der Waals surface area contributed by atoms with E-state index in [1.807, 2.05) is 6.07 Å². The van der Waals surface area contributed by atoms with Gasteiger partial charge in [-0.25, -0.2) is 4.79 Å². The van der Waals surface area contributed by atoms with E-state index in [-0.39, 0.29) is 23.5 Å². The Hall–Kier alpha value is -4.08. The van der Waals surface area contributed by atoms with Gasteiger partial charge in [-0.15, -0.1) is 0 Å². The Balaban J connectivity index is 1.45. The van der Waals surface area contributed by atoms with Crippen LogP contribution in [0.25, 0.3) is 10.9 Å². The Kier molecular flexibility index (Phi) is 9.06. The van der Waals surface area contributed by atoms with Crippen LogP contribution in [-0.4, -0.2) is 43.9 Å². The molecule has 1 aromatic heterocycles. The third kappa shape index (κ3) is 6.68. The molecule has 0 radical (unpaired) electrons. The summed E-state index contributed by atoms with van der Waals surface area (Å²) in [5.41, 5.74) is 2.48. The molecule has 0 fully saturated rings. The van der Waals surface area contributed by atoms with Crippen LogP contribution < -0.4 is 15.6 Å². The SMILES string of the molecule is COC(=O)C1=C(COCCCOc2ccc3[nH]c(=O)ccc3c2)NC(C)=C(OC(C)=O)C1c1ccccc1Cl. The molecule has 0 amide bonds. The van der Waals surface area contributed by atoms with Crippen molar-refractivity contribution < 1.29 is 28.5 Å². The van der Waals surface area contributed by atoms with Crippen molar-refractivity contribution in [1.82, 2.24) is 10.3 Å². The number of carbonyl (C=O) groups is 2. The lowest BCUT2D eigenvalue weighted by Gasteiger charge is -2.31. The molecule has 2 N–H and O–H groups in total. The number of aromatic amines is 1.